The van der Waals surface area contributed by atoms with Gasteiger partial charge >= 0.3 is 0 Å². The van der Waals surface area contributed by atoms with Gasteiger partial charge in [-0.1, -0.05) is 43.6 Å². The molecule has 1 fully saturated rings. The summed E-state index contributed by atoms with van der Waals surface area (Å²) in [7, 11) is 0. The van der Waals surface area contributed by atoms with Crippen molar-refractivity contribution in [3.63, 3.8) is 0 Å². The smallest absolute Gasteiger partial charge is 0.223 e. The van der Waals surface area contributed by atoms with Crippen molar-refractivity contribution >= 4 is 35.8 Å². The van der Waals surface area contributed by atoms with Gasteiger partial charge in [0.25, 0.3) is 0 Å². The highest BCUT2D eigenvalue weighted by molar-refractivity contribution is 6.31. The molecule has 0 aromatic heterocycles. The highest BCUT2D eigenvalue weighted by atomic mass is 35.5. The third-order valence-corrected chi connectivity index (χ3v) is 5.29. The zero-order valence-corrected chi connectivity index (χ0v) is 18.5. The van der Waals surface area contributed by atoms with Crippen molar-refractivity contribution in [2.45, 2.75) is 52.0 Å². The first-order valence-electron chi connectivity index (χ1n) is 10.1. The Kier molecular flexibility index (Phi) is 11.5. The first-order chi connectivity index (χ1) is 13.1. The standard InChI is InChI=1S/C21H32ClN3O2.ClH/c1-3-13-24(14-4-2)20(26)10-7-11-21(27)25-15-12-23-16-19(25)17-8-5-6-9-18(17)22;/h5-6,8-9,19,23H,3-4,7,10-16H2,1-2H3;1H. The second-order valence-electron chi connectivity index (χ2n) is 7.06. The van der Waals surface area contributed by atoms with Crippen LogP contribution in [-0.2, 0) is 9.59 Å². The van der Waals surface area contributed by atoms with Gasteiger partial charge in [-0.05, 0) is 30.9 Å². The number of benzene rings is 1. The van der Waals surface area contributed by atoms with Crippen LogP contribution >= 0.6 is 24.0 Å². The molecular weight excluding hydrogens is 397 g/mol. The summed E-state index contributed by atoms with van der Waals surface area (Å²) in [4.78, 5) is 29.0. The first kappa shape index (κ1) is 24.7. The lowest BCUT2D eigenvalue weighted by Crippen LogP contribution is -2.48. The molecule has 0 spiro atoms. The van der Waals surface area contributed by atoms with E-state index in [1.54, 1.807) is 0 Å². The van der Waals surface area contributed by atoms with Gasteiger partial charge in [-0.25, -0.2) is 0 Å². The predicted molar refractivity (Wildman–Crippen MR) is 117 cm³/mol. The van der Waals surface area contributed by atoms with Gasteiger partial charge in [0, 0.05) is 50.6 Å². The summed E-state index contributed by atoms with van der Waals surface area (Å²) in [6.07, 6.45) is 3.37. The molecule has 2 amide bonds. The maximum Gasteiger partial charge on any atom is 0.223 e. The molecule has 1 N–H and O–H groups in total. The zero-order valence-electron chi connectivity index (χ0n) is 17.0. The summed E-state index contributed by atoms with van der Waals surface area (Å²) in [5.74, 6) is 0.265. The monoisotopic (exact) mass is 429 g/mol. The van der Waals surface area contributed by atoms with Crippen molar-refractivity contribution in [1.82, 2.24) is 15.1 Å². The lowest BCUT2D eigenvalue weighted by atomic mass is 10.0. The van der Waals surface area contributed by atoms with Gasteiger partial charge in [-0.2, -0.15) is 0 Å². The van der Waals surface area contributed by atoms with E-state index >= 15 is 0 Å². The summed E-state index contributed by atoms with van der Waals surface area (Å²) in [5, 5.41) is 4.04. The first-order valence-corrected chi connectivity index (χ1v) is 10.5. The fourth-order valence-electron chi connectivity index (χ4n) is 3.62. The van der Waals surface area contributed by atoms with Gasteiger partial charge in [0.15, 0.2) is 0 Å². The van der Waals surface area contributed by atoms with Gasteiger partial charge in [0.05, 0.1) is 6.04 Å². The van der Waals surface area contributed by atoms with E-state index in [-0.39, 0.29) is 30.3 Å². The largest absolute Gasteiger partial charge is 0.343 e. The third kappa shape index (κ3) is 6.94. The number of carbonyl (C=O) groups is 2. The van der Waals surface area contributed by atoms with Gasteiger partial charge in [-0.3, -0.25) is 9.59 Å². The Hall–Kier alpha value is -1.30. The maximum absolute atomic E-state index is 12.8. The van der Waals surface area contributed by atoms with Crippen molar-refractivity contribution in [2.75, 3.05) is 32.7 Å². The Bertz CT molecular complexity index is 621. The van der Waals surface area contributed by atoms with Crippen molar-refractivity contribution in [2.24, 2.45) is 0 Å². The number of amides is 2. The molecule has 7 heteroatoms. The predicted octanol–water partition coefficient (Wildman–Crippen LogP) is 4.05. The summed E-state index contributed by atoms with van der Waals surface area (Å²) >= 11 is 6.35. The number of nitrogens with one attached hydrogen (secondary N) is 1. The normalized spacial score (nSPS) is 16.4. The van der Waals surface area contributed by atoms with Gasteiger partial charge in [-0.15, -0.1) is 12.4 Å². The minimum Gasteiger partial charge on any atom is -0.343 e. The lowest BCUT2D eigenvalue weighted by molar-refractivity contribution is -0.135. The number of rotatable bonds is 9. The van der Waals surface area contributed by atoms with Gasteiger partial charge in [0.1, 0.15) is 0 Å². The molecule has 0 bridgehead atoms. The van der Waals surface area contributed by atoms with E-state index in [1.165, 1.54) is 0 Å². The fraction of sp³-hybridized carbons (Fsp3) is 0.619. The minimum absolute atomic E-state index is 0. The van der Waals surface area contributed by atoms with Crippen molar-refractivity contribution in [3.05, 3.63) is 34.9 Å². The number of hydrogen-bond donors (Lipinski definition) is 1. The van der Waals surface area contributed by atoms with Crippen LogP contribution in [0.4, 0.5) is 0 Å². The van der Waals surface area contributed by atoms with Crippen LogP contribution < -0.4 is 5.32 Å². The van der Waals surface area contributed by atoms with Crippen LogP contribution in [-0.4, -0.2) is 54.3 Å². The molecule has 1 saturated heterocycles. The summed E-state index contributed by atoms with van der Waals surface area (Å²) < 4.78 is 0. The average molecular weight is 430 g/mol. The van der Waals surface area contributed by atoms with Crippen LogP contribution in [0.5, 0.6) is 0 Å². The number of nitrogens with zero attached hydrogens (tertiary/aromatic N) is 2. The zero-order chi connectivity index (χ0) is 19.6. The molecule has 0 aliphatic carbocycles. The molecule has 5 nitrogen and oxygen atoms in total. The molecule has 2 rings (SSSR count). The molecule has 158 valence electrons. The Balaban J connectivity index is 0.00000392. The van der Waals surface area contributed by atoms with E-state index in [1.807, 2.05) is 34.1 Å². The number of hydrogen-bond acceptors (Lipinski definition) is 3. The Morgan fingerprint density at radius 1 is 1.18 bits per heavy atom. The summed E-state index contributed by atoms with van der Waals surface area (Å²) in [6, 6.07) is 7.65. The Morgan fingerprint density at radius 3 is 2.50 bits per heavy atom. The van der Waals surface area contributed by atoms with Crippen LogP contribution in [0.25, 0.3) is 0 Å². The highest BCUT2D eigenvalue weighted by Gasteiger charge is 2.28. The van der Waals surface area contributed by atoms with E-state index in [2.05, 4.69) is 19.2 Å². The average Bonchev–Trinajstić information content (AvgIpc) is 2.68. The van der Waals surface area contributed by atoms with Crippen LogP contribution in [0.15, 0.2) is 24.3 Å². The quantitative estimate of drug-likeness (QED) is 0.643. The third-order valence-electron chi connectivity index (χ3n) is 4.95. The van der Waals surface area contributed by atoms with Crippen molar-refractivity contribution < 1.29 is 9.59 Å². The second-order valence-corrected chi connectivity index (χ2v) is 7.47. The van der Waals surface area contributed by atoms with Crippen LogP contribution in [0.1, 0.15) is 57.6 Å². The Labute approximate surface area is 180 Å². The molecule has 1 atom stereocenters. The van der Waals surface area contributed by atoms with Gasteiger partial charge < -0.3 is 15.1 Å². The number of carbonyl (C=O) groups excluding carboxylic acids is 2. The van der Waals surface area contributed by atoms with Crippen LogP contribution in [0.2, 0.25) is 5.02 Å². The van der Waals surface area contributed by atoms with E-state index < -0.39 is 0 Å². The summed E-state index contributed by atoms with van der Waals surface area (Å²) in [5.41, 5.74) is 0.979. The minimum atomic E-state index is -0.0488. The molecule has 1 aliphatic rings. The molecular formula is C21H33Cl2N3O2. The fourth-order valence-corrected chi connectivity index (χ4v) is 3.88. The van der Waals surface area contributed by atoms with Gasteiger partial charge in [0.2, 0.25) is 11.8 Å². The van der Waals surface area contributed by atoms with Crippen molar-refractivity contribution in [1.29, 1.82) is 0 Å². The SMILES string of the molecule is CCCN(CCC)C(=O)CCCC(=O)N1CCNCC1c1ccccc1Cl.Cl. The van der Waals surface area contributed by atoms with Crippen LogP contribution in [0, 0.1) is 0 Å². The molecule has 1 unspecified atom stereocenters. The molecule has 1 heterocycles. The maximum atomic E-state index is 12.8. The Morgan fingerprint density at radius 2 is 1.86 bits per heavy atom. The summed E-state index contributed by atoms with van der Waals surface area (Å²) in [6.45, 7) is 7.92. The second kappa shape index (κ2) is 13.0. The lowest BCUT2D eigenvalue weighted by Gasteiger charge is -2.37. The van der Waals surface area contributed by atoms with E-state index in [4.69, 9.17) is 11.6 Å². The molecule has 0 saturated carbocycles. The molecule has 1 aromatic carbocycles. The van der Waals surface area contributed by atoms with Crippen molar-refractivity contribution in [3.8, 4) is 0 Å². The molecule has 1 aromatic rings. The molecule has 28 heavy (non-hydrogen) atoms. The topological polar surface area (TPSA) is 52.7 Å². The van der Waals surface area contributed by atoms with E-state index in [9.17, 15) is 9.59 Å². The number of piperazine rings is 1. The van der Waals surface area contributed by atoms with E-state index in [0.29, 0.717) is 37.4 Å². The highest BCUT2D eigenvalue weighted by Crippen LogP contribution is 2.29. The molecule has 0 radical (unpaired) electrons. The molecule has 1 aliphatic heterocycles. The van der Waals surface area contributed by atoms with E-state index in [0.717, 1.165) is 38.0 Å². The van der Waals surface area contributed by atoms with Crippen LogP contribution in [0.3, 0.4) is 0 Å². The number of halogens is 2.